The lowest BCUT2D eigenvalue weighted by Crippen LogP contribution is -2.52. The largest absolute Gasteiger partial charge is 0.444 e. The van der Waals surface area contributed by atoms with Crippen LogP contribution in [0.3, 0.4) is 0 Å². The lowest BCUT2D eigenvalue weighted by Gasteiger charge is -2.34. The molecule has 0 atom stereocenters. The van der Waals surface area contributed by atoms with Crippen molar-refractivity contribution in [2.24, 2.45) is 4.99 Å². The van der Waals surface area contributed by atoms with Gasteiger partial charge in [-0.1, -0.05) is 6.08 Å². The van der Waals surface area contributed by atoms with Gasteiger partial charge in [-0.2, -0.15) is 0 Å². The molecule has 1 amide bonds. The van der Waals surface area contributed by atoms with Gasteiger partial charge in [-0.05, 0) is 27.2 Å². The van der Waals surface area contributed by atoms with Crippen LogP contribution in [-0.4, -0.2) is 41.9 Å². The number of hydrogen-bond donors (Lipinski definition) is 0. The highest BCUT2D eigenvalue weighted by molar-refractivity contribution is 5.98. The van der Waals surface area contributed by atoms with Gasteiger partial charge in [0.1, 0.15) is 5.60 Å². The first-order valence-corrected chi connectivity index (χ1v) is 5.53. The first-order valence-electron chi connectivity index (χ1n) is 5.53. The highest BCUT2D eigenvalue weighted by atomic mass is 16.6. The van der Waals surface area contributed by atoms with Gasteiger partial charge >= 0.3 is 6.09 Å². The number of nitrogens with zero attached hydrogens (tertiary/aromatic N) is 2. The van der Waals surface area contributed by atoms with Gasteiger partial charge in [-0.3, -0.25) is 9.89 Å². The quantitative estimate of drug-likeness (QED) is 0.545. The second-order valence-electron chi connectivity index (χ2n) is 4.86. The van der Waals surface area contributed by atoms with Crippen molar-refractivity contribution in [1.82, 2.24) is 4.90 Å². The first kappa shape index (κ1) is 12.7. The highest BCUT2D eigenvalue weighted by Crippen LogP contribution is 2.13. The number of likely N-dealkylation sites (tertiary alicyclic amines) is 1. The molecule has 4 heteroatoms. The molecule has 0 radical (unpaired) electrons. The topological polar surface area (TPSA) is 41.9 Å². The van der Waals surface area contributed by atoms with Crippen LogP contribution >= 0.6 is 0 Å². The molecular formula is C12H20N2O2. The molecule has 0 N–H and O–H groups in total. The molecule has 0 unspecified atom stereocenters. The van der Waals surface area contributed by atoms with Crippen LogP contribution < -0.4 is 0 Å². The predicted octanol–water partition coefficient (Wildman–Crippen LogP) is 2.25. The van der Waals surface area contributed by atoms with Crippen LogP contribution in [0.1, 0.15) is 27.2 Å². The maximum absolute atomic E-state index is 11.5. The maximum atomic E-state index is 11.5. The SMILES string of the molecule is C=CCCN=C1CN(C(=O)OC(C)(C)C)C1. The van der Waals surface area contributed by atoms with Gasteiger partial charge in [-0.25, -0.2) is 4.79 Å². The number of hydrogen-bond acceptors (Lipinski definition) is 3. The monoisotopic (exact) mass is 224 g/mol. The van der Waals surface area contributed by atoms with Crippen molar-refractivity contribution in [1.29, 1.82) is 0 Å². The highest BCUT2D eigenvalue weighted by Gasteiger charge is 2.30. The number of aliphatic imine (C=N–C) groups is 1. The molecule has 1 rings (SSSR count). The number of rotatable bonds is 3. The minimum absolute atomic E-state index is 0.254. The smallest absolute Gasteiger partial charge is 0.410 e. The van der Waals surface area contributed by atoms with Gasteiger partial charge in [0.2, 0.25) is 0 Å². The van der Waals surface area contributed by atoms with E-state index in [2.05, 4.69) is 11.6 Å². The Morgan fingerprint density at radius 2 is 2.19 bits per heavy atom. The summed E-state index contributed by atoms with van der Waals surface area (Å²) in [5.41, 5.74) is 0.639. The Hall–Kier alpha value is -1.32. The summed E-state index contributed by atoms with van der Waals surface area (Å²) < 4.78 is 5.23. The van der Waals surface area contributed by atoms with Crippen molar-refractivity contribution in [2.45, 2.75) is 32.8 Å². The van der Waals surface area contributed by atoms with Crippen molar-refractivity contribution in [3.63, 3.8) is 0 Å². The Morgan fingerprint density at radius 1 is 1.56 bits per heavy atom. The number of carbonyl (C=O) groups excluding carboxylic acids is 1. The zero-order valence-corrected chi connectivity index (χ0v) is 10.3. The molecule has 4 nitrogen and oxygen atoms in total. The van der Waals surface area contributed by atoms with Crippen LogP contribution in [-0.2, 0) is 4.74 Å². The van der Waals surface area contributed by atoms with E-state index >= 15 is 0 Å². The second kappa shape index (κ2) is 5.14. The normalized spacial score (nSPS) is 15.4. The molecule has 0 spiro atoms. The molecule has 0 aromatic carbocycles. The number of carbonyl (C=O) groups is 1. The fraction of sp³-hybridized carbons (Fsp3) is 0.667. The summed E-state index contributed by atoms with van der Waals surface area (Å²) >= 11 is 0. The third-order valence-electron chi connectivity index (χ3n) is 2.07. The lowest BCUT2D eigenvalue weighted by molar-refractivity contribution is 0.0264. The molecule has 0 saturated carbocycles. The van der Waals surface area contributed by atoms with Crippen molar-refractivity contribution < 1.29 is 9.53 Å². The van der Waals surface area contributed by atoms with Crippen LogP contribution in [0.5, 0.6) is 0 Å². The molecule has 0 aromatic heterocycles. The van der Waals surface area contributed by atoms with Crippen LogP contribution in [0, 0.1) is 0 Å². The first-order chi connectivity index (χ1) is 7.42. The van der Waals surface area contributed by atoms with Gasteiger partial charge < -0.3 is 4.74 Å². The standard InChI is InChI=1S/C12H20N2O2/c1-5-6-7-13-10-8-14(9-10)11(15)16-12(2,3)4/h5H,1,6-9H2,2-4H3. The Kier molecular flexibility index (Phi) is 4.10. The fourth-order valence-corrected chi connectivity index (χ4v) is 1.26. The molecule has 90 valence electrons. The summed E-state index contributed by atoms with van der Waals surface area (Å²) in [5, 5.41) is 0. The van der Waals surface area contributed by atoms with Crippen LogP contribution in [0.4, 0.5) is 4.79 Å². The van der Waals surface area contributed by atoms with Gasteiger partial charge in [-0.15, -0.1) is 6.58 Å². The summed E-state index contributed by atoms with van der Waals surface area (Å²) in [7, 11) is 0. The van der Waals surface area contributed by atoms with E-state index in [0.29, 0.717) is 13.1 Å². The third-order valence-corrected chi connectivity index (χ3v) is 2.07. The number of ether oxygens (including phenoxy) is 1. The van der Waals surface area contributed by atoms with E-state index in [-0.39, 0.29) is 6.09 Å². The van der Waals surface area contributed by atoms with Crippen molar-refractivity contribution >= 4 is 11.8 Å². The number of amides is 1. The van der Waals surface area contributed by atoms with E-state index in [4.69, 9.17) is 4.74 Å². The van der Waals surface area contributed by atoms with Crippen LogP contribution in [0.15, 0.2) is 17.6 Å². The zero-order chi connectivity index (χ0) is 12.2. The molecule has 1 saturated heterocycles. The molecule has 0 aromatic rings. The van der Waals surface area contributed by atoms with Gasteiger partial charge in [0.15, 0.2) is 0 Å². The predicted molar refractivity (Wildman–Crippen MR) is 64.9 cm³/mol. The Bertz CT molecular complexity index is 295. The second-order valence-corrected chi connectivity index (χ2v) is 4.86. The van der Waals surface area contributed by atoms with E-state index < -0.39 is 5.60 Å². The maximum Gasteiger partial charge on any atom is 0.410 e. The minimum atomic E-state index is -0.424. The Balaban J connectivity index is 2.27. The van der Waals surface area contributed by atoms with Crippen LogP contribution in [0.2, 0.25) is 0 Å². The molecule has 0 bridgehead atoms. The Labute approximate surface area is 97.0 Å². The third kappa shape index (κ3) is 4.04. The molecule has 1 heterocycles. The fourth-order valence-electron chi connectivity index (χ4n) is 1.26. The average molecular weight is 224 g/mol. The molecule has 1 aliphatic rings. The molecular weight excluding hydrogens is 204 g/mol. The molecule has 0 aliphatic carbocycles. The summed E-state index contributed by atoms with van der Waals surface area (Å²) in [5.74, 6) is 0. The van der Waals surface area contributed by atoms with Gasteiger partial charge in [0.05, 0.1) is 18.8 Å². The minimum Gasteiger partial charge on any atom is -0.444 e. The van der Waals surface area contributed by atoms with Crippen molar-refractivity contribution in [3.8, 4) is 0 Å². The average Bonchev–Trinajstić information content (AvgIpc) is 2.05. The van der Waals surface area contributed by atoms with Crippen molar-refractivity contribution in [2.75, 3.05) is 19.6 Å². The lowest BCUT2D eigenvalue weighted by atomic mass is 10.2. The van der Waals surface area contributed by atoms with E-state index in [1.165, 1.54) is 0 Å². The van der Waals surface area contributed by atoms with E-state index in [1.54, 1.807) is 4.90 Å². The van der Waals surface area contributed by atoms with Crippen molar-refractivity contribution in [3.05, 3.63) is 12.7 Å². The zero-order valence-electron chi connectivity index (χ0n) is 10.3. The van der Waals surface area contributed by atoms with E-state index in [1.807, 2.05) is 26.8 Å². The summed E-state index contributed by atoms with van der Waals surface area (Å²) in [6, 6.07) is 0. The summed E-state index contributed by atoms with van der Waals surface area (Å²) in [4.78, 5) is 17.5. The molecule has 1 fully saturated rings. The van der Waals surface area contributed by atoms with Gasteiger partial charge in [0, 0.05) is 6.54 Å². The summed E-state index contributed by atoms with van der Waals surface area (Å²) in [6.07, 6.45) is 2.47. The van der Waals surface area contributed by atoms with E-state index in [9.17, 15) is 4.79 Å². The van der Waals surface area contributed by atoms with Gasteiger partial charge in [0.25, 0.3) is 0 Å². The molecule has 1 aliphatic heterocycles. The Morgan fingerprint density at radius 3 is 2.69 bits per heavy atom. The van der Waals surface area contributed by atoms with Crippen LogP contribution in [0.25, 0.3) is 0 Å². The summed E-state index contributed by atoms with van der Waals surface area (Å²) in [6.45, 7) is 11.2. The van der Waals surface area contributed by atoms with E-state index in [0.717, 1.165) is 18.7 Å². The molecule has 16 heavy (non-hydrogen) atoms.